The number of benzene rings is 14. The Balaban J connectivity index is 0.0000000974. The van der Waals surface area contributed by atoms with Crippen molar-refractivity contribution < 1.29 is 0 Å². The van der Waals surface area contributed by atoms with Crippen LogP contribution in [0.4, 0.5) is 0 Å². The molecule has 14 aromatic carbocycles. The fourth-order valence-electron chi connectivity index (χ4n) is 14.1. The van der Waals surface area contributed by atoms with Crippen molar-refractivity contribution in [2.45, 2.75) is 27.7 Å². The van der Waals surface area contributed by atoms with E-state index >= 15 is 0 Å². The second kappa shape index (κ2) is 25.4. The van der Waals surface area contributed by atoms with Crippen molar-refractivity contribution in [2.24, 2.45) is 7.05 Å². The molecule has 0 bridgehead atoms. The Labute approximate surface area is 548 Å². The highest BCUT2D eigenvalue weighted by atomic mass is 15.0. The van der Waals surface area contributed by atoms with Crippen LogP contribution in [0.2, 0.25) is 0 Å². The van der Waals surface area contributed by atoms with Gasteiger partial charge in [0.05, 0.1) is 44.1 Å². The van der Waals surface area contributed by atoms with Crippen molar-refractivity contribution in [3.8, 4) is 22.7 Å². The number of hydrogen-bond acceptors (Lipinski definition) is 0. The number of para-hydroxylation sites is 11. The maximum atomic E-state index is 2.36. The third-order valence-electron chi connectivity index (χ3n) is 18.3. The lowest BCUT2D eigenvalue weighted by Gasteiger charge is -2.08. The van der Waals surface area contributed by atoms with E-state index in [4.69, 9.17) is 0 Å². The fourth-order valence-corrected chi connectivity index (χ4v) is 14.1. The SMILES string of the molecule is Cc1ccc2c(c1)c1ccccc1n2-c1ccccc1.Cc1ccc2c3ccccc3n(-c3ccccc3)c2c1.Cc1cccc2c1c1ccccc1n2-c1ccccc1.Cc1cccc2c3ccccc3n(-c3ccccc3)c12.Cn1c2ccccc2c2ccccc21. The summed E-state index contributed by atoms with van der Waals surface area (Å²) < 4.78 is 11.6. The van der Waals surface area contributed by atoms with E-state index in [0.717, 1.165) is 0 Å². The van der Waals surface area contributed by atoms with Gasteiger partial charge in [0.15, 0.2) is 0 Å². The maximum absolute atomic E-state index is 2.36. The summed E-state index contributed by atoms with van der Waals surface area (Å²) in [5.41, 5.74) is 22.9. The van der Waals surface area contributed by atoms with Crippen LogP contribution in [0.5, 0.6) is 0 Å². The van der Waals surface area contributed by atoms with Crippen LogP contribution in [0, 0.1) is 27.7 Å². The van der Waals surface area contributed by atoms with Gasteiger partial charge in [-0.15, -0.1) is 0 Å². The molecule has 5 nitrogen and oxygen atoms in total. The molecule has 94 heavy (non-hydrogen) atoms. The van der Waals surface area contributed by atoms with E-state index in [9.17, 15) is 0 Å². The highest BCUT2D eigenvalue weighted by Crippen LogP contribution is 2.38. The summed E-state index contributed by atoms with van der Waals surface area (Å²) in [5.74, 6) is 0. The molecule has 19 rings (SSSR count). The molecular formula is C89H71N5. The first-order valence-corrected chi connectivity index (χ1v) is 32.4. The normalized spacial score (nSPS) is 11.2. The van der Waals surface area contributed by atoms with Crippen LogP contribution in [-0.2, 0) is 7.05 Å². The molecule has 452 valence electrons. The monoisotopic (exact) mass is 1210 g/mol. The average Bonchev–Trinajstić information content (AvgIpc) is 1.63. The van der Waals surface area contributed by atoms with E-state index in [2.05, 4.69) is 397 Å². The summed E-state index contributed by atoms with van der Waals surface area (Å²) >= 11 is 0. The maximum Gasteiger partial charge on any atom is 0.0570 e. The summed E-state index contributed by atoms with van der Waals surface area (Å²) in [7, 11) is 2.12. The van der Waals surface area contributed by atoms with Gasteiger partial charge in [0.1, 0.15) is 0 Å². The standard InChI is InChI=1S/4C19H15N.C13H11N/c1-14-8-7-12-17-16-11-5-6-13-18(16)20(19(14)17)15-9-3-2-4-10-15;1-14-8-7-13-18-19(14)16-11-5-6-12-17(16)20(18)15-9-3-2-4-10-15;1-14-11-12-19-17(13-14)16-9-5-6-10-18(16)20(19)15-7-3-2-4-8-15;1-14-11-12-17-16-9-5-6-10-18(16)20(19(17)13-14)15-7-3-2-4-8-15;1-14-12-8-4-2-6-10(12)11-7-3-5-9-13(11)14/h4*2-13H,1H3;2-9H,1H3. The Bertz CT molecular complexity index is 5780. The number of fused-ring (bicyclic) bond motifs is 15. The molecule has 0 aliphatic rings. The lowest BCUT2D eigenvalue weighted by atomic mass is 10.1. The summed E-state index contributed by atoms with van der Waals surface area (Å²) in [6.07, 6.45) is 0. The number of rotatable bonds is 4. The van der Waals surface area contributed by atoms with Gasteiger partial charge in [0, 0.05) is 94.7 Å². The van der Waals surface area contributed by atoms with Gasteiger partial charge in [-0.2, -0.15) is 0 Å². The third kappa shape index (κ3) is 10.7. The van der Waals surface area contributed by atoms with Crippen LogP contribution >= 0.6 is 0 Å². The Morgan fingerprint density at radius 2 is 0.500 bits per heavy atom. The number of aromatic nitrogens is 5. The van der Waals surface area contributed by atoms with Gasteiger partial charge in [-0.25, -0.2) is 0 Å². The molecule has 0 saturated heterocycles. The van der Waals surface area contributed by atoms with E-state index in [1.165, 1.54) is 154 Å². The zero-order chi connectivity index (χ0) is 63.7. The predicted molar refractivity (Wildman–Crippen MR) is 402 cm³/mol. The van der Waals surface area contributed by atoms with Crippen LogP contribution in [0.25, 0.3) is 132 Å². The van der Waals surface area contributed by atoms with Gasteiger partial charge in [-0.3, -0.25) is 0 Å². The van der Waals surface area contributed by atoms with Gasteiger partial charge < -0.3 is 22.8 Å². The number of aryl methyl sites for hydroxylation is 5. The summed E-state index contributed by atoms with van der Waals surface area (Å²) in [5, 5.41) is 13.3. The Morgan fingerprint density at radius 1 is 0.191 bits per heavy atom. The number of hydrogen-bond donors (Lipinski definition) is 0. The topological polar surface area (TPSA) is 24.6 Å². The van der Waals surface area contributed by atoms with E-state index in [0.29, 0.717) is 0 Å². The van der Waals surface area contributed by atoms with Gasteiger partial charge in [0.25, 0.3) is 0 Å². The molecule has 0 spiro atoms. The van der Waals surface area contributed by atoms with Crippen LogP contribution < -0.4 is 0 Å². The largest absolute Gasteiger partial charge is 0.344 e. The Kier molecular flexibility index (Phi) is 15.8. The van der Waals surface area contributed by atoms with Crippen LogP contribution in [0.1, 0.15) is 22.3 Å². The molecule has 0 amide bonds. The minimum absolute atomic E-state index is 1.21. The first-order valence-electron chi connectivity index (χ1n) is 32.4. The molecule has 0 N–H and O–H groups in total. The third-order valence-corrected chi connectivity index (χ3v) is 18.3. The van der Waals surface area contributed by atoms with Gasteiger partial charge in [0.2, 0.25) is 0 Å². The molecule has 19 aromatic rings. The van der Waals surface area contributed by atoms with Crippen molar-refractivity contribution in [3.05, 3.63) is 362 Å². The van der Waals surface area contributed by atoms with Crippen molar-refractivity contribution in [1.82, 2.24) is 22.8 Å². The molecule has 0 saturated carbocycles. The lowest BCUT2D eigenvalue weighted by Crippen LogP contribution is -1.94. The quantitative estimate of drug-likeness (QED) is 0.168. The van der Waals surface area contributed by atoms with Crippen molar-refractivity contribution in [3.63, 3.8) is 0 Å². The smallest absolute Gasteiger partial charge is 0.0570 e. The van der Waals surface area contributed by atoms with Gasteiger partial charge in [-0.05, 0) is 154 Å². The summed E-state index contributed by atoms with van der Waals surface area (Å²) in [6, 6.07) is 120. The van der Waals surface area contributed by atoms with E-state index in [1.807, 2.05) is 0 Å². The van der Waals surface area contributed by atoms with Crippen molar-refractivity contribution >= 4 is 109 Å². The molecule has 0 fully saturated rings. The average molecular weight is 1210 g/mol. The molecule has 0 atom stereocenters. The molecule has 0 unspecified atom stereocenters. The second-order valence-corrected chi connectivity index (χ2v) is 24.3. The molecule has 0 radical (unpaired) electrons. The predicted octanol–water partition coefficient (Wildman–Crippen LogP) is 23.7. The lowest BCUT2D eigenvalue weighted by molar-refractivity contribution is 1.01. The molecular weight excluding hydrogens is 1140 g/mol. The molecule has 0 aliphatic carbocycles. The number of nitrogens with zero attached hydrogens (tertiary/aromatic N) is 5. The zero-order valence-electron chi connectivity index (χ0n) is 53.6. The minimum atomic E-state index is 1.21. The van der Waals surface area contributed by atoms with Crippen LogP contribution in [0.15, 0.2) is 340 Å². The van der Waals surface area contributed by atoms with E-state index in [1.54, 1.807) is 0 Å². The first-order chi connectivity index (χ1) is 46.3. The summed E-state index contributed by atoms with van der Waals surface area (Å²) in [4.78, 5) is 0. The zero-order valence-corrected chi connectivity index (χ0v) is 53.6. The first kappa shape index (κ1) is 58.5. The highest BCUT2D eigenvalue weighted by Gasteiger charge is 2.17. The van der Waals surface area contributed by atoms with Crippen LogP contribution in [0.3, 0.4) is 0 Å². The molecule has 5 heteroatoms. The molecule has 5 heterocycles. The summed E-state index contributed by atoms with van der Waals surface area (Å²) in [6.45, 7) is 8.66. The fraction of sp³-hybridized carbons (Fsp3) is 0.0562. The van der Waals surface area contributed by atoms with Crippen molar-refractivity contribution in [2.75, 3.05) is 0 Å². The van der Waals surface area contributed by atoms with Gasteiger partial charge >= 0.3 is 0 Å². The van der Waals surface area contributed by atoms with Crippen LogP contribution in [-0.4, -0.2) is 22.8 Å². The minimum Gasteiger partial charge on any atom is -0.344 e. The molecule has 0 aliphatic heterocycles. The Morgan fingerprint density at radius 3 is 1.02 bits per heavy atom. The highest BCUT2D eigenvalue weighted by molar-refractivity contribution is 6.13. The van der Waals surface area contributed by atoms with Gasteiger partial charge in [-0.1, -0.05) is 236 Å². The molecule has 5 aromatic heterocycles. The van der Waals surface area contributed by atoms with E-state index < -0.39 is 0 Å². The Hall–Kier alpha value is -11.9. The van der Waals surface area contributed by atoms with Crippen molar-refractivity contribution in [1.29, 1.82) is 0 Å². The van der Waals surface area contributed by atoms with E-state index in [-0.39, 0.29) is 0 Å². The second-order valence-electron chi connectivity index (χ2n) is 24.3.